The highest BCUT2D eigenvalue weighted by Crippen LogP contribution is 2.48. The molecule has 3 nitrogen and oxygen atoms in total. The van der Waals surface area contributed by atoms with Crippen LogP contribution in [0.15, 0.2) is 53.0 Å². The molecule has 108 valence electrons. The number of benzene rings is 2. The predicted molar refractivity (Wildman–Crippen MR) is 87.8 cm³/mol. The summed E-state index contributed by atoms with van der Waals surface area (Å²) in [4.78, 5) is 12.5. The maximum absolute atomic E-state index is 12.5. The van der Waals surface area contributed by atoms with Crippen molar-refractivity contribution in [2.75, 3.05) is 5.73 Å². The van der Waals surface area contributed by atoms with Crippen molar-refractivity contribution in [3.63, 3.8) is 0 Å². The molecule has 0 atom stereocenters. The van der Waals surface area contributed by atoms with Crippen molar-refractivity contribution in [1.29, 1.82) is 0 Å². The fourth-order valence-corrected chi connectivity index (χ4v) is 3.02. The molecule has 21 heavy (non-hydrogen) atoms. The molecule has 1 aliphatic carbocycles. The Morgan fingerprint density at radius 1 is 1.19 bits per heavy atom. The van der Waals surface area contributed by atoms with E-state index in [4.69, 9.17) is 5.73 Å². The second kappa shape index (κ2) is 5.53. The van der Waals surface area contributed by atoms with Crippen LogP contribution in [-0.2, 0) is 16.8 Å². The van der Waals surface area contributed by atoms with Gasteiger partial charge in [-0.05, 0) is 48.2 Å². The average molecular weight is 345 g/mol. The first-order valence-electron chi connectivity index (χ1n) is 6.99. The van der Waals surface area contributed by atoms with Crippen LogP contribution in [0.25, 0.3) is 0 Å². The smallest absolute Gasteiger partial charge is 0.230 e. The maximum Gasteiger partial charge on any atom is 0.230 e. The number of rotatable bonds is 4. The van der Waals surface area contributed by atoms with Crippen LogP contribution >= 0.6 is 15.9 Å². The maximum atomic E-state index is 12.5. The fraction of sp³-hybridized carbons (Fsp3) is 0.235. The van der Waals surface area contributed by atoms with E-state index in [0.29, 0.717) is 6.54 Å². The number of nitrogen functional groups attached to an aromatic ring is 1. The van der Waals surface area contributed by atoms with Gasteiger partial charge in [0.2, 0.25) is 5.91 Å². The molecule has 0 spiro atoms. The summed E-state index contributed by atoms with van der Waals surface area (Å²) in [6.45, 7) is 0.551. The van der Waals surface area contributed by atoms with Crippen LogP contribution in [0.5, 0.6) is 0 Å². The van der Waals surface area contributed by atoms with Crippen LogP contribution in [0, 0.1) is 0 Å². The Labute approximate surface area is 132 Å². The molecule has 4 heteroatoms. The van der Waals surface area contributed by atoms with Gasteiger partial charge in [-0.25, -0.2) is 0 Å². The van der Waals surface area contributed by atoms with Crippen LogP contribution in [0.4, 0.5) is 5.69 Å². The standard InChI is InChI=1S/C17H17BrN2O/c18-14-3-1-2-12(10-14)11-20-16(21)17(8-9-17)13-4-6-15(19)7-5-13/h1-7,10H,8-9,11,19H2,(H,20,21). The van der Waals surface area contributed by atoms with Gasteiger partial charge >= 0.3 is 0 Å². The van der Waals surface area contributed by atoms with E-state index in [-0.39, 0.29) is 11.3 Å². The summed E-state index contributed by atoms with van der Waals surface area (Å²) in [6, 6.07) is 15.6. The summed E-state index contributed by atoms with van der Waals surface area (Å²) in [6.07, 6.45) is 1.81. The quantitative estimate of drug-likeness (QED) is 0.835. The van der Waals surface area contributed by atoms with E-state index >= 15 is 0 Å². The lowest BCUT2D eigenvalue weighted by Crippen LogP contribution is -2.34. The number of carbonyl (C=O) groups is 1. The Kier molecular flexibility index (Phi) is 3.72. The third-order valence-corrected chi connectivity index (χ3v) is 4.48. The van der Waals surface area contributed by atoms with Crippen LogP contribution in [0.2, 0.25) is 0 Å². The minimum Gasteiger partial charge on any atom is -0.399 e. The first-order chi connectivity index (χ1) is 10.1. The molecule has 0 heterocycles. The van der Waals surface area contributed by atoms with Crippen LogP contribution < -0.4 is 11.1 Å². The van der Waals surface area contributed by atoms with E-state index in [0.717, 1.165) is 34.1 Å². The van der Waals surface area contributed by atoms with Crippen molar-refractivity contribution >= 4 is 27.5 Å². The minimum atomic E-state index is -0.348. The van der Waals surface area contributed by atoms with Gasteiger partial charge in [0.15, 0.2) is 0 Å². The van der Waals surface area contributed by atoms with Crippen molar-refractivity contribution < 1.29 is 4.79 Å². The van der Waals surface area contributed by atoms with E-state index in [2.05, 4.69) is 21.2 Å². The Bertz CT molecular complexity index is 663. The normalized spacial score (nSPS) is 15.5. The molecule has 1 saturated carbocycles. The molecule has 1 aliphatic rings. The van der Waals surface area contributed by atoms with Crippen molar-refractivity contribution in [1.82, 2.24) is 5.32 Å². The lowest BCUT2D eigenvalue weighted by molar-refractivity contribution is -0.123. The van der Waals surface area contributed by atoms with Gasteiger partial charge in [0.05, 0.1) is 5.41 Å². The van der Waals surface area contributed by atoms with Crippen LogP contribution in [-0.4, -0.2) is 5.91 Å². The van der Waals surface area contributed by atoms with Crippen molar-refractivity contribution in [2.24, 2.45) is 0 Å². The van der Waals surface area contributed by atoms with Gasteiger partial charge in [-0.15, -0.1) is 0 Å². The number of nitrogens with two attached hydrogens (primary N) is 1. The summed E-state index contributed by atoms with van der Waals surface area (Å²) in [5.74, 6) is 0.104. The van der Waals surface area contributed by atoms with Crippen LogP contribution in [0.1, 0.15) is 24.0 Å². The number of hydrogen-bond donors (Lipinski definition) is 2. The van der Waals surface area contributed by atoms with Gasteiger partial charge in [0, 0.05) is 16.7 Å². The van der Waals surface area contributed by atoms with Gasteiger partial charge in [-0.2, -0.15) is 0 Å². The number of hydrogen-bond acceptors (Lipinski definition) is 2. The topological polar surface area (TPSA) is 55.1 Å². The highest BCUT2D eigenvalue weighted by atomic mass is 79.9. The first-order valence-corrected chi connectivity index (χ1v) is 7.78. The van der Waals surface area contributed by atoms with E-state index in [9.17, 15) is 4.79 Å². The van der Waals surface area contributed by atoms with Crippen LogP contribution in [0.3, 0.4) is 0 Å². The molecule has 0 aliphatic heterocycles. The second-order valence-electron chi connectivity index (χ2n) is 5.52. The van der Waals surface area contributed by atoms with E-state index in [1.807, 2.05) is 48.5 Å². The van der Waals surface area contributed by atoms with Crippen molar-refractivity contribution in [3.05, 3.63) is 64.1 Å². The molecule has 1 fully saturated rings. The largest absolute Gasteiger partial charge is 0.399 e. The number of carbonyl (C=O) groups excluding carboxylic acids is 1. The molecular formula is C17H17BrN2O. The predicted octanol–water partition coefficient (Wildman–Crippen LogP) is 3.38. The van der Waals surface area contributed by atoms with E-state index < -0.39 is 0 Å². The zero-order chi connectivity index (χ0) is 14.9. The fourth-order valence-electron chi connectivity index (χ4n) is 2.57. The monoisotopic (exact) mass is 344 g/mol. The molecule has 1 amide bonds. The number of amides is 1. The third kappa shape index (κ3) is 2.95. The molecule has 2 aromatic carbocycles. The third-order valence-electron chi connectivity index (χ3n) is 3.99. The Hall–Kier alpha value is -1.81. The molecule has 0 radical (unpaired) electrons. The molecule has 0 unspecified atom stereocenters. The molecule has 2 aromatic rings. The lowest BCUT2D eigenvalue weighted by atomic mass is 9.94. The summed E-state index contributed by atoms with van der Waals surface area (Å²) in [5.41, 5.74) is 8.24. The van der Waals surface area contributed by atoms with Gasteiger partial charge < -0.3 is 11.1 Å². The van der Waals surface area contributed by atoms with Gasteiger partial charge in [-0.3, -0.25) is 4.79 Å². The zero-order valence-corrected chi connectivity index (χ0v) is 13.2. The number of halogens is 1. The Morgan fingerprint density at radius 2 is 1.90 bits per heavy atom. The van der Waals surface area contributed by atoms with Crippen molar-refractivity contribution in [2.45, 2.75) is 24.8 Å². The highest BCUT2D eigenvalue weighted by Gasteiger charge is 2.50. The molecule has 0 bridgehead atoms. The van der Waals surface area contributed by atoms with Gasteiger partial charge in [0.25, 0.3) is 0 Å². The summed E-state index contributed by atoms with van der Waals surface area (Å²) in [5, 5.41) is 3.05. The first kappa shape index (κ1) is 14.1. The zero-order valence-electron chi connectivity index (χ0n) is 11.6. The van der Waals surface area contributed by atoms with Crippen molar-refractivity contribution in [3.8, 4) is 0 Å². The van der Waals surface area contributed by atoms with Gasteiger partial charge in [-0.1, -0.05) is 40.2 Å². The second-order valence-corrected chi connectivity index (χ2v) is 6.43. The van der Waals surface area contributed by atoms with Gasteiger partial charge in [0.1, 0.15) is 0 Å². The SMILES string of the molecule is Nc1ccc(C2(C(=O)NCc3cccc(Br)c3)CC2)cc1. The summed E-state index contributed by atoms with van der Waals surface area (Å²) >= 11 is 3.44. The molecule has 3 rings (SSSR count). The summed E-state index contributed by atoms with van der Waals surface area (Å²) < 4.78 is 1.02. The molecule has 0 aromatic heterocycles. The number of nitrogens with one attached hydrogen (secondary N) is 1. The Morgan fingerprint density at radius 3 is 2.52 bits per heavy atom. The Balaban J connectivity index is 1.69. The number of anilines is 1. The molecule has 0 saturated heterocycles. The van der Waals surface area contributed by atoms with E-state index in [1.54, 1.807) is 0 Å². The average Bonchev–Trinajstić information content (AvgIpc) is 3.27. The molecular weight excluding hydrogens is 328 g/mol. The van der Waals surface area contributed by atoms with E-state index in [1.165, 1.54) is 0 Å². The molecule has 3 N–H and O–H groups in total. The summed E-state index contributed by atoms with van der Waals surface area (Å²) in [7, 11) is 0. The minimum absolute atomic E-state index is 0.104. The lowest BCUT2D eigenvalue weighted by Gasteiger charge is -2.16. The highest BCUT2D eigenvalue weighted by molar-refractivity contribution is 9.10.